The summed E-state index contributed by atoms with van der Waals surface area (Å²) in [6, 6.07) is 1.68. The topological polar surface area (TPSA) is 111 Å². The van der Waals surface area contributed by atoms with Crippen molar-refractivity contribution in [3.05, 3.63) is 29.2 Å². The van der Waals surface area contributed by atoms with Crippen molar-refractivity contribution in [1.82, 2.24) is 25.0 Å². The Morgan fingerprint density at radius 1 is 1.38 bits per heavy atom. The molecule has 2 aromatic heterocycles. The maximum Gasteiger partial charge on any atom is 0.272 e. The van der Waals surface area contributed by atoms with E-state index in [2.05, 4.69) is 20.1 Å². The lowest BCUT2D eigenvalue weighted by Gasteiger charge is -2.20. The first-order chi connectivity index (χ1) is 11.4. The molecule has 0 aromatic carbocycles. The minimum atomic E-state index is -0.249. The average molecular weight is 330 g/mol. The standard InChI is InChI=1S/C16H22N6O2/c1-9(2)11-7-12(19-16(17)18-11)15(23)22(3)8-13-20-14(24-21-13)10-5-4-6-10/h7,9-10H,4-6,8H2,1-3H3,(H2,17,18,19). The van der Waals surface area contributed by atoms with Crippen LogP contribution in [0.15, 0.2) is 10.6 Å². The van der Waals surface area contributed by atoms with Gasteiger partial charge in [-0.15, -0.1) is 0 Å². The van der Waals surface area contributed by atoms with Crippen LogP contribution in [-0.4, -0.2) is 38.0 Å². The van der Waals surface area contributed by atoms with E-state index in [4.69, 9.17) is 10.3 Å². The van der Waals surface area contributed by atoms with Gasteiger partial charge in [0.2, 0.25) is 11.8 Å². The molecule has 3 rings (SSSR count). The smallest absolute Gasteiger partial charge is 0.272 e. The molecule has 8 heteroatoms. The Morgan fingerprint density at radius 3 is 2.75 bits per heavy atom. The van der Waals surface area contributed by atoms with Crippen molar-refractivity contribution in [2.75, 3.05) is 12.8 Å². The van der Waals surface area contributed by atoms with Crippen LogP contribution in [0.3, 0.4) is 0 Å². The molecule has 2 N–H and O–H groups in total. The van der Waals surface area contributed by atoms with E-state index < -0.39 is 0 Å². The van der Waals surface area contributed by atoms with Crippen LogP contribution in [0.1, 0.15) is 72.8 Å². The Bertz CT molecular complexity index is 738. The van der Waals surface area contributed by atoms with Gasteiger partial charge in [-0.1, -0.05) is 25.4 Å². The summed E-state index contributed by atoms with van der Waals surface area (Å²) >= 11 is 0. The molecule has 1 fully saturated rings. The fourth-order valence-corrected chi connectivity index (χ4v) is 2.52. The predicted molar refractivity (Wildman–Crippen MR) is 87.2 cm³/mol. The molecule has 0 unspecified atom stereocenters. The number of hydrogen-bond acceptors (Lipinski definition) is 7. The van der Waals surface area contributed by atoms with Crippen LogP contribution in [0.5, 0.6) is 0 Å². The van der Waals surface area contributed by atoms with Crippen molar-refractivity contribution in [2.45, 2.75) is 51.5 Å². The molecule has 0 spiro atoms. The number of carbonyl (C=O) groups is 1. The summed E-state index contributed by atoms with van der Waals surface area (Å²) in [4.78, 5) is 26.7. The van der Waals surface area contributed by atoms with E-state index in [0.717, 1.165) is 18.5 Å². The minimum Gasteiger partial charge on any atom is -0.368 e. The Morgan fingerprint density at radius 2 is 2.12 bits per heavy atom. The van der Waals surface area contributed by atoms with Crippen molar-refractivity contribution >= 4 is 11.9 Å². The summed E-state index contributed by atoms with van der Waals surface area (Å²) in [5.74, 6) is 1.56. The Kier molecular flexibility index (Phi) is 4.46. The fourth-order valence-electron chi connectivity index (χ4n) is 2.52. The van der Waals surface area contributed by atoms with Crippen LogP contribution in [-0.2, 0) is 6.54 Å². The zero-order valence-corrected chi connectivity index (χ0v) is 14.2. The van der Waals surface area contributed by atoms with Crippen LogP contribution in [0.4, 0.5) is 5.95 Å². The number of rotatable bonds is 5. The average Bonchev–Trinajstić information content (AvgIpc) is 2.91. The molecule has 0 bridgehead atoms. The lowest BCUT2D eigenvalue weighted by molar-refractivity contribution is 0.0774. The zero-order valence-electron chi connectivity index (χ0n) is 14.2. The molecule has 0 saturated heterocycles. The van der Waals surface area contributed by atoms with Crippen LogP contribution < -0.4 is 5.73 Å². The molecule has 2 heterocycles. The molecular weight excluding hydrogens is 308 g/mol. The molecule has 1 aliphatic rings. The molecule has 2 aromatic rings. The largest absolute Gasteiger partial charge is 0.368 e. The third kappa shape index (κ3) is 3.37. The summed E-state index contributed by atoms with van der Waals surface area (Å²) in [5.41, 5.74) is 6.73. The molecule has 0 radical (unpaired) electrons. The summed E-state index contributed by atoms with van der Waals surface area (Å²) in [5, 5.41) is 3.96. The molecule has 1 amide bonds. The monoisotopic (exact) mass is 330 g/mol. The Balaban J connectivity index is 1.71. The fraction of sp³-hybridized carbons (Fsp3) is 0.562. The van der Waals surface area contributed by atoms with Gasteiger partial charge in [0.25, 0.3) is 5.91 Å². The molecule has 0 atom stereocenters. The molecule has 24 heavy (non-hydrogen) atoms. The van der Waals surface area contributed by atoms with Crippen LogP contribution in [0.2, 0.25) is 0 Å². The molecule has 0 aliphatic heterocycles. The third-order valence-corrected chi connectivity index (χ3v) is 4.24. The quantitative estimate of drug-likeness (QED) is 0.893. The molecule has 8 nitrogen and oxygen atoms in total. The van der Waals surface area contributed by atoms with E-state index in [9.17, 15) is 4.79 Å². The van der Waals surface area contributed by atoms with Gasteiger partial charge in [0.1, 0.15) is 5.69 Å². The van der Waals surface area contributed by atoms with E-state index in [1.807, 2.05) is 13.8 Å². The van der Waals surface area contributed by atoms with Gasteiger partial charge in [-0.25, -0.2) is 9.97 Å². The van der Waals surface area contributed by atoms with Crippen molar-refractivity contribution in [3.8, 4) is 0 Å². The van der Waals surface area contributed by atoms with E-state index in [-0.39, 0.29) is 30.0 Å². The molecule has 128 valence electrons. The normalized spacial score (nSPS) is 14.7. The number of nitrogen functional groups attached to an aromatic ring is 1. The van der Waals surface area contributed by atoms with Crippen LogP contribution in [0, 0.1) is 0 Å². The zero-order chi connectivity index (χ0) is 17.3. The van der Waals surface area contributed by atoms with Crippen molar-refractivity contribution in [1.29, 1.82) is 0 Å². The van der Waals surface area contributed by atoms with Crippen molar-refractivity contribution < 1.29 is 9.32 Å². The lowest BCUT2D eigenvalue weighted by atomic mass is 9.85. The maximum absolute atomic E-state index is 12.6. The number of nitrogens with zero attached hydrogens (tertiary/aromatic N) is 5. The van der Waals surface area contributed by atoms with Gasteiger partial charge >= 0.3 is 0 Å². The maximum atomic E-state index is 12.6. The van der Waals surface area contributed by atoms with Gasteiger partial charge in [0.05, 0.1) is 6.54 Å². The SMILES string of the molecule is CC(C)c1cc(C(=O)N(C)Cc2noc(C3CCC3)n2)nc(N)n1. The van der Waals surface area contributed by atoms with E-state index in [0.29, 0.717) is 17.6 Å². The summed E-state index contributed by atoms with van der Waals surface area (Å²) in [6.45, 7) is 4.23. The van der Waals surface area contributed by atoms with Gasteiger partial charge in [0.15, 0.2) is 5.82 Å². The highest BCUT2D eigenvalue weighted by atomic mass is 16.5. The molecule has 1 aliphatic carbocycles. The minimum absolute atomic E-state index is 0.102. The second-order valence-electron chi connectivity index (χ2n) is 6.53. The second-order valence-corrected chi connectivity index (χ2v) is 6.53. The van der Waals surface area contributed by atoms with Gasteiger partial charge in [-0.05, 0) is 24.8 Å². The first kappa shape index (κ1) is 16.4. The number of nitrogens with two attached hydrogens (primary N) is 1. The lowest BCUT2D eigenvalue weighted by Crippen LogP contribution is -2.28. The highest BCUT2D eigenvalue weighted by molar-refractivity contribution is 5.92. The van der Waals surface area contributed by atoms with E-state index in [1.54, 1.807) is 13.1 Å². The third-order valence-electron chi connectivity index (χ3n) is 4.24. The highest BCUT2D eigenvalue weighted by Crippen LogP contribution is 2.35. The summed E-state index contributed by atoms with van der Waals surface area (Å²) in [6.07, 6.45) is 3.39. The molecular formula is C16H22N6O2. The van der Waals surface area contributed by atoms with Gasteiger partial charge in [-0.2, -0.15) is 4.98 Å². The number of aromatic nitrogens is 4. The number of anilines is 1. The summed E-state index contributed by atoms with van der Waals surface area (Å²) in [7, 11) is 1.68. The summed E-state index contributed by atoms with van der Waals surface area (Å²) < 4.78 is 5.28. The number of amides is 1. The van der Waals surface area contributed by atoms with Gasteiger partial charge in [0, 0.05) is 18.7 Å². The molecule has 1 saturated carbocycles. The van der Waals surface area contributed by atoms with Crippen LogP contribution >= 0.6 is 0 Å². The van der Waals surface area contributed by atoms with Crippen molar-refractivity contribution in [2.24, 2.45) is 0 Å². The van der Waals surface area contributed by atoms with E-state index >= 15 is 0 Å². The van der Waals surface area contributed by atoms with Gasteiger partial charge in [-0.3, -0.25) is 4.79 Å². The van der Waals surface area contributed by atoms with Crippen molar-refractivity contribution in [3.63, 3.8) is 0 Å². The second kappa shape index (κ2) is 6.54. The Hall–Kier alpha value is -2.51. The predicted octanol–water partition coefficient (Wildman–Crippen LogP) is 2.10. The first-order valence-electron chi connectivity index (χ1n) is 8.16. The highest BCUT2D eigenvalue weighted by Gasteiger charge is 2.26. The number of hydrogen-bond donors (Lipinski definition) is 1. The Labute approximate surface area is 140 Å². The van der Waals surface area contributed by atoms with E-state index in [1.165, 1.54) is 11.3 Å². The first-order valence-corrected chi connectivity index (χ1v) is 8.16. The number of carbonyl (C=O) groups excluding carboxylic acids is 1. The van der Waals surface area contributed by atoms with Crippen LogP contribution in [0.25, 0.3) is 0 Å². The van der Waals surface area contributed by atoms with Gasteiger partial charge < -0.3 is 15.2 Å².